The average Bonchev–Trinajstić information content (AvgIpc) is 2.70. The molecule has 88 valence electrons. The molecule has 2 heterocycles. The van der Waals surface area contributed by atoms with Crippen molar-refractivity contribution in [3.05, 3.63) is 15.1 Å². The molecule has 0 bridgehead atoms. The van der Waals surface area contributed by atoms with E-state index in [0.29, 0.717) is 0 Å². The summed E-state index contributed by atoms with van der Waals surface area (Å²) in [4.78, 5) is 9.10. The second-order valence-corrected chi connectivity index (χ2v) is 5.31. The number of hydrogen-bond donors (Lipinski definition) is 1. The van der Waals surface area contributed by atoms with Gasteiger partial charge in [-0.3, -0.25) is 0 Å². The van der Waals surface area contributed by atoms with Crippen LogP contribution in [-0.4, -0.2) is 23.6 Å². The third-order valence-corrected chi connectivity index (χ3v) is 4.24. The van der Waals surface area contributed by atoms with Crippen molar-refractivity contribution in [1.82, 2.24) is 9.97 Å². The molecule has 1 fully saturated rings. The summed E-state index contributed by atoms with van der Waals surface area (Å²) in [5.74, 6) is 1.69. The van der Waals surface area contributed by atoms with Crippen molar-refractivity contribution in [2.75, 3.05) is 19.0 Å². The molecule has 0 saturated carbocycles. The van der Waals surface area contributed by atoms with Crippen molar-refractivity contribution >= 4 is 28.4 Å². The first-order valence-corrected chi connectivity index (χ1v) is 6.51. The molecule has 1 atom stereocenters. The number of nitrogens with one attached hydrogen (secondary N) is 1. The third kappa shape index (κ3) is 2.02. The summed E-state index contributed by atoms with van der Waals surface area (Å²) in [6, 6.07) is 0. The van der Waals surface area contributed by atoms with E-state index in [-0.39, 0.29) is 5.60 Å². The first-order valence-electron chi connectivity index (χ1n) is 5.43. The normalized spacial score (nSPS) is 24.8. The second kappa shape index (κ2) is 4.44. The molecule has 5 heteroatoms. The minimum atomic E-state index is -0.305. The quantitative estimate of drug-likeness (QED) is 0.845. The van der Waals surface area contributed by atoms with E-state index in [1.165, 1.54) is 0 Å². The fraction of sp³-hybridized carbons (Fsp3) is 0.636. The molecular weight excluding hydrogens is 317 g/mol. The minimum absolute atomic E-state index is 0.305. The number of hydrogen-bond acceptors (Lipinski definition) is 4. The molecule has 1 aromatic heterocycles. The van der Waals surface area contributed by atoms with Crippen LogP contribution < -0.4 is 5.32 Å². The Morgan fingerprint density at radius 2 is 2.19 bits per heavy atom. The maximum absolute atomic E-state index is 5.77. The van der Waals surface area contributed by atoms with Crippen LogP contribution >= 0.6 is 22.6 Å². The van der Waals surface area contributed by atoms with Crippen molar-refractivity contribution in [3.63, 3.8) is 0 Å². The van der Waals surface area contributed by atoms with Crippen LogP contribution in [-0.2, 0) is 10.3 Å². The van der Waals surface area contributed by atoms with Crippen LogP contribution in [0.2, 0.25) is 0 Å². The third-order valence-electron chi connectivity index (χ3n) is 2.95. The summed E-state index contributed by atoms with van der Waals surface area (Å²) in [6.45, 7) is 4.88. The summed E-state index contributed by atoms with van der Waals surface area (Å²) in [6.07, 6.45) is 2.08. The van der Waals surface area contributed by atoms with Crippen LogP contribution in [0.1, 0.15) is 31.3 Å². The predicted molar refractivity (Wildman–Crippen MR) is 71.6 cm³/mol. The Hall–Kier alpha value is -0.430. The van der Waals surface area contributed by atoms with Crippen molar-refractivity contribution in [2.45, 2.75) is 32.3 Å². The molecule has 4 nitrogen and oxygen atoms in total. The standard InChI is InChI=1S/C11H16IN3O/c1-7-8(12)9(13-3)15-10(14-7)11(2)5-4-6-16-11/h4-6H2,1-3H3,(H,13,14,15). The van der Waals surface area contributed by atoms with Crippen LogP contribution in [0.4, 0.5) is 5.82 Å². The smallest absolute Gasteiger partial charge is 0.162 e. The Morgan fingerprint density at radius 3 is 2.75 bits per heavy atom. The van der Waals surface area contributed by atoms with Gasteiger partial charge in [-0.2, -0.15) is 0 Å². The molecule has 0 radical (unpaired) electrons. The van der Waals surface area contributed by atoms with Gasteiger partial charge in [0.2, 0.25) is 0 Å². The molecule has 16 heavy (non-hydrogen) atoms. The highest BCUT2D eigenvalue weighted by Gasteiger charge is 2.35. The molecule has 0 aliphatic carbocycles. The van der Waals surface area contributed by atoms with Gasteiger partial charge in [-0.25, -0.2) is 9.97 Å². The molecule has 0 amide bonds. The van der Waals surface area contributed by atoms with Gasteiger partial charge >= 0.3 is 0 Å². The fourth-order valence-corrected chi connectivity index (χ4v) is 2.43. The topological polar surface area (TPSA) is 47.0 Å². The molecule has 1 aliphatic heterocycles. The van der Waals surface area contributed by atoms with Crippen LogP contribution in [0.25, 0.3) is 0 Å². The highest BCUT2D eigenvalue weighted by Crippen LogP contribution is 2.34. The van der Waals surface area contributed by atoms with Gasteiger partial charge in [0.1, 0.15) is 11.4 Å². The summed E-state index contributed by atoms with van der Waals surface area (Å²) in [7, 11) is 1.88. The fourth-order valence-electron chi connectivity index (χ4n) is 1.92. The Bertz CT molecular complexity index is 402. The lowest BCUT2D eigenvalue weighted by Gasteiger charge is -2.22. The zero-order valence-corrected chi connectivity index (χ0v) is 12.0. The molecule has 0 spiro atoms. The maximum Gasteiger partial charge on any atom is 0.162 e. The number of aryl methyl sites for hydroxylation is 1. The molecule has 0 aromatic carbocycles. The van der Waals surface area contributed by atoms with E-state index < -0.39 is 0 Å². The number of halogens is 1. The minimum Gasteiger partial charge on any atom is -0.372 e. The molecule has 1 aliphatic rings. The van der Waals surface area contributed by atoms with E-state index >= 15 is 0 Å². The van der Waals surface area contributed by atoms with Crippen molar-refractivity contribution in [3.8, 4) is 0 Å². The Balaban J connectivity index is 2.45. The number of nitrogens with zero attached hydrogens (tertiary/aromatic N) is 2. The zero-order valence-electron chi connectivity index (χ0n) is 9.80. The van der Waals surface area contributed by atoms with Gasteiger partial charge in [-0.1, -0.05) is 0 Å². The first kappa shape index (κ1) is 12.0. The maximum atomic E-state index is 5.77. The molecule has 1 aromatic rings. The van der Waals surface area contributed by atoms with Crippen LogP contribution in [0.5, 0.6) is 0 Å². The molecule has 1 saturated heterocycles. The number of anilines is 1. The van der Waals surface area contributed by atoms with Crippen molar-refractivity contribution < 1.29 is 4.74 Å². The van der Waals surface area contributed by atoms with E-state index in [4.69, 9.17) is 4.74 Å². The number of rotatable bonds is 2. The van der Waals surface area contributed by atoms with Gasteiger partial charge in [-0.05, 0) is 49.3 Å². The lowest BCUT2D eigenvalue weighted by atomic mass is 10.0. The van der Waals surface area contributed by atoms with Crippen molar-refractivity contribution in [1.29, 1.82) is 0 Å². The number of ether oxygens (including phenoxy) is 1. The Kier molecular flexibility index (Phi) is 3.34. The summed E-state index contributed by atoms with van der Waals surface area (Å²) >= 11 is 2.26. The summed E-state index contributed by atoms with van der Waals surface area (Å²) in [5, 5.41) is 3.10. The lowest BCUT2D eigenvalue weighted by Crippen LogP contribution is -2.24. The van der Waals surface area contributed by atoms with Gasteiger partial charge < -0.3 is 10.1 Å². The largest absolute Gasteiger partial charge is 0.372 e. The summed E-state index contributed by atoms with van der Waals surface area (Å²) < 4.78 is 6.84. The molecule has 1 unspecified atom stereocenters. The van der Waals surface area contributed by atoms with E-state index in [1.807, 2.05) is 14.0 Å². The number of aromatic nitrogens is 2. The first-order chi connectivity index (χ1) is 7.57. The predicted octanol–water partition coefficient (Wildman–Crippen LogP) is 2.46. The van der Waals surface area contributed by atoms with E-state index in [2.05, 4.69) is 44.8 Å². The van der Waals surface area contributed by atoms with Gasteiger partial charge in [0.25, 0.3) is 0 Å². The molecule has 2 rings (SSSR count). The lowest BCUT2D eigenvalue weighted by molar-refractivity contribution is 0.00928. The van der Waals surface area contributed by atoms with Gasteiger partial charge in [0.15, 0.2) is 5.82 Å². The Labute approximate surface area is 109 Å². The van der Waals surface area contributed by atoms with E-state index in [0.717, 1.165) is 40.4 Å². The SMILES string of the molecule is CNc1nc(C2(C)CCCO2)nc(C)c1I. The monoisotopic (exact) mass is 333 g/mol. The summed E-state index contributed by atoms with van der Waals surface area (Å²) in [5.41, 5.74) is 0.701. The van der Waals surface area contributed by atoms with Crippen LogP contribution in [0.3, 0.4) is 0 Å². The highest BCUT2D eigenvalue weighted by molar-refractivity contribution is 14.1. The van der Waals surface area contributed by atoms with Gasteiger partial charge in [-0.15, -0.1) is 0 Å². The molecule has 1 N–H and O–H groups in total. The zero-order chi connectivity index (χ0) is 11.8. The highest BCUT2D eigenvalue weighted by atomic mass is 127. The van der Waals surface area contributed by atoms with Gasteiger partial charge in [0, 0.05) is 13.7 Å². The second-order valence-electron chi connectivity index (χ2n) is 4.23. The Morgan fingerprint density at radius 1 is 1.44 bits per heavy atom. The van der Waals surface area contributed by atoms with E-state index in [9.17, 15) is 0 Å². The van der Waals surface area contributed by atoms with Crippen LogP contribution in [0.15, 0.2) is 0 Å². The van der Waals surface area contributed by atoms with Gasteiger partial charge in [0.05, 0.1) is 9.26 Å². The average molecular weight is 333 g/mol. The van der Waals surface area contributed by atoms with Crippen LogP contribution in [0, 0.1) is 10.5 Å². The van der Waals surface area contributed by atoms with Crippen molar-refractivity contribution in [2.24, 2.45) is 0 Å². The molecular formula is C11H16IN3O. The van der Waals surface area contributed by atoms with E-state index in [1.54, 1.807) is 0 Å².